The molecule has 0 radical (unpaired) electrons. The Bertz CT molecular complexity index is 885. The third-order valence-corrected chi connectivity index (χ3v) is 4.33. The molecule has 0 fully saturated rings. The first kappa shape index (κ1) is 20.1. The number of para-hydroxylation sites is 2. The van der Waals surface area contributed by atoms with Crippen LogP contribution in [0.25, 0.3) is 0 Å². The number of hydrogen-bond donors (Lipinski definition) is 2. The van der Waals surface area contributed by atoms with Crippen LogP contribution in [0.1, 0.15) is 30.1 Å². The molecule has 2 aromatic carbocycles. The quantitative estimate of drug-likeness (QED) is 0.656. The molecule has 0 aliphatic rings. The summed E-state index contributed by atoms with van der Waals surface area (Å²) < 4.78 is 30.8. The van der Waals surface area contributed by atoms with E-state index in [0.717, 1.165) is 19.1 Å². The minimum absolute atomic E-state index is 0.147. The fourth-order valence-corrected chi connectivity index (χ4v) is 2.95. The number of ether oxygens (including phenoxy) is 1. The summed E-state index contributed by atoms with van der Waals surface area (Å²) in [6.07, 6.45) is 2.94. The van der Waals surface area contributed by atoms with Crippen LogP contribution in [-0.4, -0.2) is 27.2 Å². The van der Waals surface area contributed by atoms with E-state index in [1.807, 2.05) is 6.07 Å². The van der Waals surface area contributed by atoms with Gasteiger partial charge in [-0.2, -0.15) is 0 Å². The molecule has 0 heterocycles. The molecule has 2 N–H and O–H groups in total. The molecule has 0 saturated carbocycles. The zero-order valence-electron chi connectivity index (χ0n) is 14.6. The maximum atomic E-state index is 12.5. The molecule has 0 bridgehead atoms. The van der Waals surface area contributed by atoms with Gasteiger partial charge < -0.3 is 10.1 Å². The number of carbonyl (C=O) groups is 1. The standard InChI is InChI=1S/C18H21ClN2O4S/c1-3-4-11-25-17-8-6-5-7-15(17)20-18(22)13-9-10-14(19)16(12-13)21-26(2,23)24/h5-10,12,21H,3-4,11H2,1-2H3,(H,20,22). The molecule has 26 heavy (non-hydrogen) atoms. The van der Waals surface area contributed by atoms with Crippen molar-refractivity contribution in [3.63, 3.8) is 0 Å². The van der Waals surface area contributed by atoms with Gasteiger partial charge in [0.05, 0.1) is 29.3 Å². The van der Waals surface area contributed by atoms with Crippen LogP contribution >= 0.6 is 11.6 Å². The Hall–Kier alpha value is -2.25. The van der Waals surface area contributed by atoms with Crippen molar-refractivity contribution in [1.29, 1.82) is 0 Å². The van der Waals surface area contributed by atoms with Crippen molar-refractivity contribution in [2.75, 3.05) is 22.9 Å². The molecule has 1 amide bonds. The summed E-state index contributed by atoms with van der Waals surface area (Å²) in [5.41, 5.74) is 0.958. The van der Waals surface area contributed by atoms with Crippen molar-refractivity contribution in [3.05, 3.63) is 53.1 Å². The number of rotatable bonds is 8. The van der Waals surface area contributed by atoms with Crippen LogP contribution in [0, 0.1) is 0 Å². The van der Waals surface area contributed by atoms with E-state index in [2.05, 4.69) is 17.0 Å². The summed E-state index contributed by atoms with van der Waals surface area (Å²) in [7, 11) is -3.51. The normalized spacial score (nSPS) is 11.0. The molecule has 0 spiro atoms. The Morgan fingerprint density at radius 1 is 1.15 bits per heavy atom. The van der Waals surface area contributed by atoms with Crippen LogP contribution in [0.15, 0.2) is 42.5 Å². The summed E-state index contributed by atoms with van der Waals surface area (Å²) in [5.74, 6) is 0.183. The Morgan fingerprint density at radius 2 is 1.88 bits per heavy atom. The largest absolute Gasteiger partial charge is 0.491 e. The molecule has 6 nitrogen and oxygen atoms in total. The van der Waals surface area contributed by atoms with Crippen LogP contribution < -0.4 is 14.8 Å². The Labute approximate surface area is 158 Å². The van der Waals surface area contributed by atoms with Crippen LogP contribution in [0.3, 0.4) is 0 Å². The highest BCUT2D eigenvalue weighted by molar-refractivity contribution is 7.92. The molecule has 140 valence electrons. The highest BCUT2D eigenvalue weighted by Gasteiger charge is 2.13. The van der Waals surface area contributed by atoms with Gasteiger partial charge in [-0.3, -0.25) is 9.52 Å². The lowest BCUT2D eigenvalue weighted by Gasteiger charge is -2.13. The monoisotopic (exact) mass is 396 g/mol. The number of benzene rings is 2. The number of carbonyl (C=O) groups excluding carboxylic acids is 1. The second-order valence-electron chi connectivity index (χ2n) is 5.72. The van der Waals surface area contributed by atoms with Crippen LogP contribution in [0.4, 0.5) is 11.4 Å². The maximum absolute atomic E-state index is 12.5. The van der Waals surface area contributed by atoms with Gasteiger partial charge in [-0.05, 0) is 36.8 Å². The Balaban J connectivity index is 2.19. The average Bonchev–Trinajstić information content (AvgIpc) is 2.57. The van der Waals surface area contributed by atoms with Crippen molar-refractivity contribution >= 4 is 38.9 Å². The van der Waals surface area contributed by atoms with Gasteiger partial charge in [0, 0.05) is 5.56 Å². The van der Waals surface area contributed by atoms with Gasteiger partial charge in [0.1, 0.15) is 5.75 Å². The Kier molecular flexibility index (Phi) is 6.88. The zero-order chi connectivity index (χ0) is 19.2. The first-order valence-corrected chi connectivity index (χ1v) is 10.4. The number of hydrogen-bond acceptors (Lipinski definition) is 4. The van der Waals surface area contributed by atoms with Crippen molar-refractivity contribution in [2.24, 2.45) is 0 Å². The van der Waals surface area contributed by atoms with E-state index in [1.54, 1.807) is 18.2 Å². The second-order valence-corrected chi connectivity index (χ2v) is 7.88. The summed E-state index contributed by atoms with van der Waals surface area (Å²) >= 11 is 5.98. The van der Waals surface area contributed by atoms with Gasteiger partial charge in [0.2, 0.25) is 10.0 Å². The molecule has 2 aromatic rings. The predicted octanol–water partition coefficient (Wildman–Crippen LogP) is 4.14. The van der Waals surface area contributed by atoms with Gasteiger partial charge in [-0.1, -0.05) is 37.1 Å². The van der Waals surface area contributed by atoms with Gasteiger partial charge in [0.15, 0.2) is 0 Å². The molecule has 2 rings (SSSR count). The number of amides is 1. The van der Waals surface area contributed by atoms with Gasteiger partial charge in [0.25, 0.3) is 5.91 Å². The first-order chi connectivity index (χ1) is 12.3. The van der Waals surface area contributed by atoms with E-state index in [9.17, 15) is 13.2 Å². The third kappa shape index (κ3) is 5.93. The first-order valence-electron chi connectivity index (χ1n) is 8.10. The summed E-state index contributed by atoms with van der Waals surface area (Å²) in [6, 6.07) is 11.5. The minimum atomic E-state index is -3.51. The minimum Gasteiger partial charge on any atom is -0.491 e. The number of sulfonamides is 1. The van der Waals surface area contributed by atoms with E-state index in [1.165, 1.54) is 18.2 Å². The topological polar surface area (TPSA) is 84.5 Å². The molecular formula is C18H21ClN2O4S. The molecule has 0 atom stereocenters. The molecule has 0 aliphatic heterocycles. The highest BCUT2D eigenvalue weighted by Crippen LogP contribution is 2.27. The van der Waals surface area contributed by atoms with E-state index < -0.39 is 15.9 Å². The van der Waals surface area contributed by atoms with E-state index in [0.29, 0.717) is 18.0 Å². The van der Waals surface area contributed by atoms with Gasteiger partial charge in [-0.25, -0.2) is 8.42 Å². The molecule has 8 heteroatoms. The third-order valence-electron chi connectivity index (χ3n) is 3.41. The second kappa shape index (κ2) is 8.91. The summed E-state index contributed by atoms with van der Waals surface area (Å²) in [5, 5.41) is 2.98. The highest BCUT2D eigenvalue weighted by atomic mass is 35.5. The fourth-order valence-electron chi connectivity index (χ4n) is 2.16. The molecule has 0 aromatic heterocycles. The lowest BCUT2D eigenvalue weighted by molar-refractivity contribution is 0.102. The smallest absolute Gasteiger partial charge is 0.255 e. The number of unbranched alkanes of at least 4 members (excludes halogenated alkanes) is 1. The van der Waals surface area contributed by atoms with E-state index >= 15 is 0 Å². The van der Waals surface area contributed by atoms with Gasteiger partial charge in [-0.15, -0.1) is 0 Å². The SMILES string of the molecule is CCCCOc1ccccc1NC(=O)c1ccc(Cl)c(NS(C)(=O)=O)c1. The fraction of sp³-hybridized carbons (Fsp3) is 0.278. The molecular weight excluding hydrogens is 376 g/mol. The van der Waals surface area contributed by atoms with Crippen LogP contribution in [0.2, 0.25) is 5.02 Å². The average molecular weight is 397 g/mol. The van der Waals surface area contributed by atoms with E-state index in [4.69, 9.17) is 16.3 Å². The number of halogens is 1. The van der Waals surface area contributed by atoms with Crippen LogP contribution in [-0.2, 0) is 10.0 Å². The van der Waals surface area contributed by atoms with E-state index in [-0.39, 0.29) is 16.3 Å². The van der Waals surface area contributed by atoms with Crippen molar-refractivity contribution in [2.45, 2.75) is 19.8 Å². The number of nitrogens with one attached hydrogen (secondary N) is 2. The molecule has 0 unspecified atom stereocenters. The maximum Gasteiger partial charge on any atom is 0.255 e. The Morgan fingerprint density at radius 3 is 2.58 bits per heavy atom. The zero-order valence-corrected chi connectivity index (χ0v) is 16.2. The molecule has 0 aliphatic carbocycles. The summed E-state index contributed by atoms with van der Waals surface area (Å²) in [4.78, 5) is 12.5. The predicted molar refractivity (Wildman–Crippen MR) is 105 cm³/mol. The molecule has 0 saturated heterocycles. The summed E-state index contributed by atoms with van der Waals surface area (Å²) in [6.45, 7) is 2.63. The lowest BCUT2D eigenvalue weighted by atomic mass is 10.2. The van der Waals surface area contributed by atoms with Crippen molar-refractivity contribution in [3.8, 4) is 5.75 Å². The van der Waals surface area contributed by atoms with Crippen molar-refractivity contribution < 1.29 is 17.9 Å². The lowest BCUT2D eigenvalue weighted by Crippen LogP contribution is -2.15. The van der Waals surface area contributed by atoms with Gasteiger partial charge >= 0.3 is 0 Å². The van der Waals surface area contributed by atoms with Crippen molar-refractivity contribution in [1.82, 2.24) is 0 Å². The number of anilines is 2. The van der Waals surface area contributed by atoms with Crippen LogP contribution in [0.5, 0.6) is 5.75 Å².